The highest BCUT2D eigenvalue weighted by Crippen LogP contribution is 2.43. The van der Waals surface area contributed by atoms with E-state index in [4.69, 9.17) is 0 Å². The van der Waals surface area contributed by atoms with E-state index in [0.717, 1.165) is 13.0 Å². The zero-order chi connectivity index (χ0) is 9.24. The van der Waals surface area contributed by atoms with Crippen LogP contribution in [-0.2, 0) is 0 Å². The fraction of sp³-hybridized carbons (Fsp3) is 1.00. The van der Waals surface area contributed by atoms with E-state index in [1.165, 1.54) is 19.3 Å². The van der Waals surface area contributed by atoms with Gasteiger partial charge in [0.25, 0.3) is 0 Å². The first-order valence-corrected chi connectivity index (χ1v) is 5.09. The monoisotopic (exact) mass is 171 g/mol. The summed E-state index contributed by atoms with van der Waals surface area (Å²) in [4.78, 5) is 0. The Kier molecular flexibility index (Phi) is 2.79. The molecule has 1 unspecified atom stereocenters. The quantitative estimate of drug-likeness (QED) is 0.581. The zero-order valence-corrected chi connectivity index (χ0v) is 8.48. The molecule has 1 atom stereocenters. The summed E-state index contributed by atoms with van der Waals surface area (Å²) < 4.78 is 0. The Bertz CT molecular complexity index is 132. The van der Waals surface area contributed by atoms with Crippen molar-refractivity contribution in [3.63, 3.8) is 0 Å². The fourth-order valence-corrected chi connectivity index (χ4v) is 1.64. The predicted octanol–water partition coefficient (Wildman–Crippen LogP) is 1.68. The molecule has 1 spiro atoms. The van der Waals surface area contributed by atoms with E-state index < -0.39 is 5.60 Å². The second-order valence-electron chi connectivity index (χ2n) is 4.13. The van der Waals surface area contributed by atoms with Crippen LogP contribution >= 0.6 is 0 Å². The summed E-state index contributed by atoms with van der Waals surface area (Å²) in [6.45, 7) is 6.70. The van der Waals surface area contributed by atoms with Crippen molar-refractivity contribution in [2.75, 3.05) is 6.54 Å². The molecule has 0 bridgehead atoms. The molecule has 0 radical (unpaired) electrons. The van der Waals surface area contributed by atoms with Crippen molar-refractivity contribution in [1.29, 1.82) is 0 Å². The number of rotatable bonds is 0. The molecule has 72 valence electrons. The van der Waals surface area contributed by atoms with E-state index in [2.05, 4.69) is 5.32 Å². The zero-order valence-electron chi connectivity index (χ0n) is 8.48. The van der Waals surface area contributed by atoms with Crippen LogP contribution in [0, 0.1) is 0 Å². The van der Waals surface area contributed by atoms with Crippen molar-refractivity contribution < 1.29 is 5.11 Å². The standard InChI is InChI=1S/C8H15NO.C2H6/c1-7(10)2-3-8(4-5-8)9-6-7;1-2/h9-10H,2-6H2,1H3;1-2H3. The summed E-state index contributed by atoms with van der Waals surface area (Å²) in [5.41, 5.74) is 0.0378. The average Bonchev–Trinajstić information content (AvgIpc) is 2.82. The first-order valence-electron chi connectivity index (χ1n) is 5.09. The van der Waals surface area contributed by atoms with Crippen molar-refractivity contribution in [1.82, 2.24) is 5.32 Å². The minimum Gasteiger partial charge on any atom is -0.389 e. The number of hydrogen-bond acceptors (Lipinski definition) is 2. The van der Waals surface area contributed by atoms with Crippen LogP contribution in [0.15, 0.2) is 0 Å². The Morgan fingerprint density at radius 1 is 1.08 bits per heavy atom. The third kappa shape index (κ3) is 2.20. The second-order valence-corrected chi connectivity index (χ2v) is 4.13. The number of piperidine rings is 1. The smallest absolute Gasteiger partial charge is 0.0744 e. The van der Waals surface area contributed by atoms with Crippen molar-refractivity contribution in [2.45, 2.75) is 57.6 Å². The van der Waals surface area contributed by atoms with Crippen LogP contribution in [0.3, 0.4) is 0 Å². The van der Waals surface area contributed by atoms with E-state index in [-0.39, 0.29) is 0 Å². The highest BCUT2D eigenvalue weighted by atomic mass is 16.3. The van der Waals surface area contributed by atoms with Crippen LogP contribution in [0.2, 0.25) is 0 Å². The molecule has 0 aromatic carbocycles. The molecule has 1 saturated carbocycles. The Morgan fingerprint density at radius 2 is 1.58 bits per heavy atom. The lowest BCUT2D eigenvalue weighted by molar-refractivity contribution is 0.0206. The van der Waals surface area contributed by atoms with E-state index in [9.17, 15) is 5.11 Å². The average molecular weight is 171 g/mol. The maximum absolute atomic E-state index is 9.57. The van der Waals surface area contributed by atoms with Crippen LogP contribution in [0.5, 0.6) is 0 Å². The molecule has 0 aromatic rings. The summed E-state index contributed by atoms with van der Waals surface area (Å²) >= 11 is 0. The SMILES string of the molecule is CC.CC1(O)CCC2(CC2)NC1. The van der Waals surface area contributed by atoms with Gasteiger partial charge in [0.05, 0.1) is 5.60 Å². The molecule has 1 heterocycles. The normalized spacial score (nSPS) is 37.0. The van der Waals surface area contributed by atoms with Gasteiger partial charge in [0.1, 0.15) is 0 Å². The van der Waals surface area contributed by atoms with Gasteiger partial charge in [0, 0.05) is 12.1 Å². The molecule has 1 saturated heterocycles. The van der Waals surface area contributed by atoms with Gasteiger partial charge in [-0.05, 0) is 32.6 Å². The highest BCUT2D eigenvalue weighted by Gasteiger charge is 2.47. The Morgan fingerprint density at radius 3 is 1.92 bits per heavy atom. The molecule has 2 heteroatoms. The molecule has 2 nitrogen and oxygen atoms in total. The van der Waals surface area contributed by atoms with Gasteiger partial charge in [0.15, 0.2) is 0 Å². The Labute approximate surface area is 75.4 Å². The number of nitrogens with one attached hydrogen (secondary N) is 1. The molecule has 0 aromatic heterocycles. The van der Waals surface area contributed by atoms with Crippen molar-refractivity contribution >= 4 is 0 Å². The van der Waals surface area contributed by atoms with Crippen molar-refractivity contribution in [3.8, 4) is 0 Å². The van der Waals surface area contributed by atoms with Crippen LogP contribution in [-0.4, -0.2) is 22.8 Å². The van der Waals surface area contributed by atoms with Crippen LogP contribution in [0.4, 0.5) is 0 Å². The number of aliphatic hydroxyl groups is 1. The lowest BCUT2D eigenvalue weighted by Gasteiger charge is -2.34. The maximum atomic E-state index is 9.57. The lowest BCUT2D eigenvalue weighted by atomic mass is 9.91. The molecule has 2 N–H and O–H groups in total. The third-order valence-electron chi connectivity index (χ3n) is 2.84. The van der Waals surface area contributed by atoms with Crippen LogP contribution in [0.25, 0.3) is 0 Å². The van der Waals surface area contributed by atoms with Gasteiger partial charge < -0.3 is 10.4 Å². The van der Waals surface area contributed by atoms with Crippen LogP contribution in [0.1, 0.15) is 46.5 Å². The molecular formula is C10H21NO. The lowest BCUT2D eigenvalue weighted by Crippen LogP contribution is -2.49. The molecule has 2 aliphatic rings. The summed E-state index contributed by atoms with van der Waals surface area (Å²) in [5.74, 6) is 0. The third-order valence-corrected chi connectivity index (χ3v) is 2.84. The first-order chi connectivity index (χ1) is 5.62. The minimum absolute atomic E-state index is 0.437. The predicted molar refractivity (Wildman–Crippen MR) is 51.2 cm³/mol. The summed E-state index contributed by atoms with van der Waals surface area (Å²) in [7, 11) is 0. The molecule has 1 aliphatic carbocycles. The highest BCUT2D eigenvalue weighted by molar-refractivity contribution is 5.06. The Balaban J connectivity index is 0.000000336. The Hall–Kier alpha value is -0.0800. The van der Waals surface area contributed by atoms with E-state index in [1.54, 1.807) is 0 Å². The van der Waals surface area contributed by atoms with E-state index >= 15 is 0 Å². The van der Waals surface area contributed by atoms with Gasteiger partial charge >= 0.3 is 0 Å². The summed E-state index contributed by atoms with van der Waals surface area (Å²) in [5, 5.41) is 13.0. The maximum Gasteiger partial charge on any atom is 0.0744 e. The molecule has 2 rings (SSSR count). The summed E-state index contributed by atoms with van der Waals surface area (Å²) in [6, 6.07) is 0. The first kappa shape index (κ1) is 10.0. The molecule has 1 aliphatic heterocycles. The fourth-order valence-electron chi connectivity index (χ4n) is 1.64. The van der Waals surface area contributed by atoms with Crippen LogP contribution < -0.4 is 5.32 Å². The number of hydrogen-bond donors (Lipinski definition) is 2. The second kappa shape index (κ2) is 3.35. The number of β-amino-alcohol motifs (C(OH)–C–C–N with tert-alkyl or cyclic N) is 1. The van der Waals surface area contributed by atoms with E-state index in [1.807, 2.05) is 20.8 Å². The van der Waals surface area contributed by atoms with Crippen molar-refractivity contribution in [3.05, 3.63) is 0 Å². The van der Waals surface area contributed by atoms with Gasteiger partial charge in [-0.2, -0.15) is 0 Å². The van der Waals surface area contributed by atoms with Gasteiger partial charge in [-0.3, -0.25) is 0 Å². The van der Waals surface area contributed by atoms with E-state index in [0.29, 0.717) is 5.54 Å². The summed E-state index contributed by atoms with van der Waals surface area (Å²) in [6.07, 6.45) is 4.78. The van der Waals surface area contributed by atoms with Gasteiger partial charge in [-0.15, -0.1) is 0 Å². The molecule has 2 fully saturated rings. The largest absolute Gasteiger partial charge is 0.389 e. The van der Waals surface area contributed by atoms with Gasteiger partial charge in [-0.25, -0.2) is 0 Å². The topological polar surface area (TPSA) is 32.3 Å². The minimum atomic E-state index is -0.437. The van der Waals surface area contributed by atoms with Gasteiger partial charge in [-0.1, -0.05) is 13.8 Å². The molecule has 0 amide bonds. The molecule has 12 heavy (non-hydrogen) atoms. The molecular weight excluding hydrogens is 150 g/mol. The van der Waals surface area contributed by atoms with Crippen molar-refractivity contribution in [2.24, 2.45) is 0 Å². The van der Waals surface area contributed by atoms with Gasteiger partial charge in [0.2, 0.25) is 0 Å².